The number of hydrogen-bond donors (Lipinski definition) is 2. The van der Waals surface area contributed by atoms with Crippen molar-refractivity contribution in [3.8, 4) is 11.5 Å². The van der Waals surface area contributed by atoms with E-state index in [4.69, 9.17) is 14.5 Å². The summed E-state index contributed by atoms with van der Waals surface area (Å²) in [6, 6.07) is 5.92. The van der Waals surface area contributed by atoms with Crippen LogP contribution in [0.1, 0.15) is 31.7 Å². The minimum atomic E-state index is 0.601. The first-order valence-electron chi connectivity index (χ1n) is 9.57. The van der Waals surface area contributed by atoms with E-state index in [0.717, 1.165) is 42.0 Å². The molecule has 0 bridgehead atoms. The van der Waals surface area contributed by atoms with Crippen LogP contribution in [0.5, 0.6) is 11.5 Å². The summed E-state index contributed by atoms with van der Waals surface area (Å²) < 4.78 is 10.6. The lowest BCUT2D eigenvalue weighted by atomic mass is 9.94. The van der Waals surface area contributed by atoms with Gasteiger partial charge in [0.05, 0.1) is 20.8 Å². The molecule has 2 N–H and O–H groups in total. The van der Waals surface area contributed by atoms with Crippen LogP contribution in [0.25, 0.3) is 0 Å². The molecule has 0 atom stereocenters. The fourth-order valence-corrected chi connectivity index (χ4v) is 3.24. The molecule has 2 rings (SSSR count). The molecule has 0 aliphatic carbocycles. The maximum Gasteiger partial charge on any atom is 0.191 e. The molecule has 6 heteroatoms. The van der Waals surface area contributed by atoms with Crippen LogP contribution in [0, 0.1) is 5.92 Å². The van der Waals surface area contributed by atoms with E-state index in [9.17, 15) is 0 Å². The Morgan fingerprint density at radius 2 is 1.88 bits per heavy atom. The molecular formula is C20H34N4O2. The van der Waals surface area contributed by atoms with Crippen LogP contribution in [-0.4, -0.2) is 58.3 Å². The third kappa shape index (κ3) is 6.41. The van der Waals surface area contributed by atoms with Crippen LogP contribution in [0.3, 0.4) is 0 Å². The van der Waals surface area contributed by atoms with E-state index in [-0.39, 0.29) is 0 Å². The van der Waals surface area contributed by atoms with E-state index >= 15 is 0 Å². The second kappa shape index (κ2) is 10.9. The smallest absolute Gasteiger partial charge is 0.191 e. The van der Waals surface area contributed by atoms with Crippen LogP contribution in [0.15, 0.2) is 23.2 Å². The van der Waals surface area contributed by atoms with Crippen molar-refractivity contribution in [3.63, 3.8) is 0 Å². The van der Waals surface area contributed by atoms with Gasteiger partial charge in [0.25, 0.3) is 0 Å². The Labute approximate surface area is 158 Å². The molecule has 0 unspecified atom stereocenters. The highest BCUT2D eigenvalue weighted by molar-refractivity contribution is 5.79. The Morgan fingerprint density at radius 3 is 2.54 bits per heavy atom. The second-order valence-corrected chi connectivity index (χ2v) is 6.85. The molecular weight excluding hydrogens is 328 g/mol. The molecule has 0 saturated carbocycles. The minimum Gasteiger partial charge on any atom is -0.493 e. The summed E-state index contributed by atoms with van der Waals surface area (Å²) in [5.41, 5.74) is 1.09. The number of rotatable bonds is 8. The number of likely N-dealkylation sites (tertiary alicyclic amines) is 1. The number of aliphatic imine (C=N–C) groups is 1. The molecule has 146 valence electrons. The SMILES string of the molecule is CCNC(=NCc1ccc(OC)c(OC)c1)NCCC1CCN(C)CC1. The molecule has 26 heavy (non-hydrogen) atoms. The van der Waals surface area contributed by atoms with Gasteiger partial charge in [-0.2, -0.15) is 0 Å². The standard InChI is InChI=1S/C20H34N4O2/c1-5-21-20(22-11-8-16-9-12-24(2)13-10-16)23-15-17-6-7-18(25-3)19(14-17)26-4/h6-7,14,16H,5,8-13,15H2,1-4H3,(H2,21,22,23). The molecule has 1 saturated heterocycles. The van der Waals surface area contributed by atoms with E-state index in [1.165, 1.54) is 32.4 Å². The summed E-state index contributed by atoms with van der Waals surface area (Å²) in [6.45, 7) is 6.95. The van der Waals surface area contributed by atoms with Gasteiger partial charge in [0.2, 0.25) is 0 Å². The Bertz CT molecular complexity index is 569. The topological polar surface area (TPSA) is 58.1 Å². The third-order valence-electron chi connectivity index (χ3n) is 4.90. The van der Waals surface area contributed by atoms with Gasteiger partial charge in [-0.25, -0.2) is 4.99 Å². The molecule has 1 aromatic rings. The van der Waals surface area contributed by atoms with Crippen molar-refractivity contribution >= 4 is 5.96 Å². The van der Waals surface area contributed by atoms with Gasteiger partial charge in [0.1, 0.15) is 0 Å². The molecule has 0 spiro atoms. The maximum atomic E-state index is 5.36. The van der Waals surface area contributed by atoms with Crippen LogP contribution in [0.2, 0.25) is 0 Å². The monoisotopic (exact) mass is 362 g/mol. The van der Waals surface area contributed by atoms with Crippen molar-refractivity contribution in [1.82, 2.24) is 15.5 Å². The number of nitrogens with one attached hydrogen (secondary N) is 2. The highest BCUT2D eigenvalue weighted by Gasteiger charge is 2.16. The van der Waals surface area contributed by atoms with Crippen molar-refractivity contribution in [3.05, 3.63) is 23.8 Å². The zero-order valence-corrected chi connectivity index (χ0v) is 16.7. The highest BCUT2D eigenvalue weighted by Crippen LogP contribution is 2.27. The Hall–Kier alpha value is -1.95. The fraction of sp³-hybridized carbons (Fsp3) is 0.650. The average Bonchev–Trinajstić information content (AvgIpc) is 2.67. The molecule has 1 fully saturated rings. The summed E-state index contributed by atoms with van der Waals surface area (Å²) >= 11 is 0. The average molecular weight is 363 g/mol. The number of nitrogens with zero attached hydrogens (tertiary/aromatic N) is 2. The van der Waals surface area contributed by atoms with Gasteiger partial charge in [-0.3, -0.25) is 0 Å². The number of methoxy groups -OCH3 is 2. The molecule has 1 heterocycles. The first kappa shape index (κ1) is 20.4. The first-order valence-corrected chi connectivity index (χ1v) is 9.57. The minimum absolute atomic E-state index is 0.601. The van der Waals surface area contributed by atoms with E-state index in [2.05, 4.69) is 29.5 Å². The first-order chi connectivity index (χ1) is 12.7. The van der Waals surface area contributed by atoms with Crippen molar-refractivity contribution in [2.45, 2.75) is 32.7 Å². The largest absolute Gasteiger partial charge is 0.493 e. The number of piperidine rings is 1. The van der Waals surface area contributed by atoms with E-state index < -0.39 is 0 Å². The van der Waals surface area contributed by atoms with Crippen molar-refractivity contribution in [1.29, 1.82) is 0 Å². The van der Waals surface area contributed by atoms with Crippen molar-refractivity contribution < 1.29 is 9.47 Å². The summed E-state index contributed by atoms with van der Waals surface area (Å²) in [5, 5.41) is 6.79. The molecule has 1 aliphatic rings. The molecule has 6 nitrogen and oxygen atoms in total. The summed E-state index contributed by atoms with van der Waals surface area (Å²) in [6.07, 6.45) is 3.81. The quantitative estimate of drug-likeness (QED) is 0.550. The lowest BCUT2D eigenvalue weighted by Crippen LogP contribution is -2.39. The predicted molar refractivity (Wildman–Crippen MR) is 107 cm³/mol. The molecule has 1 aromatic carbocycles. The lowest BCUT2D eigenvalue weighted by Gasteiger charge is -2.29. The van der Waals surface area contributed by atoms with E-state index in [1.54, 1.807) is 14.2 Å². The van der Waals surface area contributed by atoms with Gasteiger partial charge in [-0.05, 0) is 69.9 Å². The van der Waals surface area contributed by atoms with Crippen LogP contribution in [-0.2, 0) is 6.54 Å². The Kier molecular flexibility index (Phi) is 8.54. The van der Waals surface area contributed by atoms with Gasteiger partial charge < -0.3 is 25.0 Å². The van der Waals surface area contributed by atoms with Crippen LogP contribution in [0.4, 0.5) is 0 Å². The zero-order chi connectivity index (χ0) is 18.8. The van der Waals surface area contributed by atoms with Gasteiger partial charge in [-0.1, -0.05) is 6.07 Å². The number of hydrogen-bond acceptors (Lipinski definition) is 4. The maximum absolute atomic E-state index is 5.36. The second-order valence-electron chi connectivity index (χ2n) is 6.85. The van der Waals surface area contributed by atoms with Crippen molar-refractivity contribution in [2.75, 3.05) is 47.4 Å². The van der Waals surface area contributed by atoms with Gasteiger partial charge in [-0.15, -0.1) is 0 Å². The number of benzene rings is 1. The Morgan fingerprint density at radius 1 is 1.15 bits per heavy atom. The molecule has 0 amide bonds. The summed E-state index contributed by atoms with van der Waals surface area (Å²) in [4.78, 5) is 7.11. The van der Waals surface area contributed by atoms with Gasteiger partial charge in [0.15, 0.2) is 17.5 Å². The highest BCUT2D eigenvalue weighted by atomic mass is 16.5. The van der Waals surface area contributed by atoms with Gasteiger partial charge in [0, 0.05) is 13.1 Å². The third-order valence-corrected chi connectivity index (χ3v) is 4.90. The molecule has 1 aliphatic heterocycles. The lowest BCUT2D eigenvalue weighted by molar-refractivity contribution is 0.213. The summed E-state index contributed by atoms with van der Waals surface area (Å²) in [5.74, 6) is 3.17. The van der Waals surface area contributed by atoms with Crippen LogP contribution < -0.4 is 20.1 Å². The number of guanidine groups is 1. The zero-order valence-electron chi connectivity index (χ0n) is 16.7. The Balaban J connectivity index is 1.85. The molecule has 0 aromatic heterocycles. The summed E-state index contributed by atoms with van der Waals surface area (Å²) in [7, 11) is 5.51. The van der Waals surface area contributed by atoms with Crippen molar-refractivity contribution in [2.24, 2.45) is 10.9 Å². The predicted octanol–water partition coefficient (Wildman–Crippen LogP) is 2.49. The van der Waals surface area contributed by atoms with E-state index in [1.807, 2.05) is 18.2 Å². The normalized spacial score (nSPS) is 16.4. The van der Waals surface area contributed by atoms with Crippen LogP contribution >= 0.6 is 0 Å². The van der Waals surface area contributed by atoms with E-state index in [0.29, 0.717) is 6.54 Å². The fourth-order valence-electron chi connectivity index (χ4n) is 3.24. The van der Waals surface area contributed by atoms with Gasteiger partial charge >= 0.3 is 0 Å². The number of ether oxygens (including phenoxy) is 2. The molecule has 0 radical (unpaired) electrons.